The second-order valence-corrected chi connectivity index (χ2v) is 6.18. The van der Waals surface area contributed by atoms with Crippen LogP contribution in [0.2, 0.25) is 0 Å². The number of carbonyl (C=O) groups is 1. The van der Waals surface area contributed by atoms with Crippen LogP contribution in [0, 0.1) is 0 Å². The van der Waals surface area contributed by atoms with Gasteiger partial charge in [-0.15, -0.1) is 10.2 Å². The summed E-state index contributed by atoms with van der Waals surface area (Å²) in [5.41, 5.74) is 5.60. The van der Waals surface area contributed by atoms with E-state index in [9.17, 15) is 4.79 Å². The molecule has 0 saturated carbocycles. The Bertz CT molecular complexity index is 345. The Morgan fingerprint density at radius 3 is 2.81 bits per heavy atom. The molecular formula is C8H13N3O2S3. The lowest BCUT2D eigenvalue weighted by Gasteiger charge is -2.07. The topological polar surface area (TPSA) is 78.1 Å². The van der Waals surface area contributed by atoms with E-state index in [0.29, 0.717) is 6.42 Å². The molecule has 2 N–H and O–H groups in total. The van der Waals surface area contributed by atoms with Crippen LogP contribution in [0.25, 0.3) is 0 Å². The number of nitrogens with two attached hydrogens (primary N) is 1. The summed E-state index contributed by atoms with van der Waals surface area (Å²) in [4.78, 5) is 11.0. The molecule has 0 aliphatic heterocycles. The first-order valence-corrected chi connectivity index (χ1v) is 7.53. The van der Waals surface area contributed by atoms with E-state index in [4.69, 9.17) is 5.73 Å². The highest BCUT2D eigenvalue weighted by Gasteiger charge is 2.13. The predicted molar refractivity (Wildman–Crippen MR) is 67.0 cm³/mol. The van der Waals surface area contributed by atoms with Crippen LogP contribution in [-0.4, -0.2) is 41.3 Å². The van der Waals surface area contributed by atoms with Gasteiger partial charge in [-0.1, -0.05) is 34.9 Å². The summed E-state index contributed by atoms with van der Waals surface area (Å²) in [6.07, 6.45) is 2.54. The number of hydrogen-bond donors (Lipinski definition) is 1. The molecule has 0 amide bonds. The summed E-state index contributed by atoms with van der Waals surface area (Å²) in [5.74, 6) is 0.363. The molecule has 0 aliphatic rings. The molecule has 1 rings (SSSR count). The minimum absolute atomic E-state index is 0.373. The van der Waals surface area contributed by atoms with Gasteiger partial charge < -0.3 is 10.5 Å². The van der Waals surface area contributed by atoms with Gasteiger partial charge >= 0.3 is 5.97 Å². The number of thioether (sulfide) groups is 2. The quantitative estimate of drug-likeness (QED) is 0.620. The Hall–Kier alpha value is -0.310. The fraction of sp³-hybridized carbons (Fsp3) is 0.625. The lowest BCUT2D eigenvalue weighted by Crippen LogP contribution is -2.31. The molecule has 0 radical (unpaired) electrons. The Kier molecular flexibility index (Phi) is 6.10. The van der Waals surface area contributed by atoms with Gasteiger partial charge in [0.1, 0.15) is 6.04 Å². The summed E-state index contributed by atoms with van der Waals surface area (Å²) in [6, 6.07) is -0.551. The number of rotatable bonds is 6. The van der Waals surface area contributed by atoms with E-state index in [2.05, 4.69) is 14.9 Å². The minimum Gasteiger partial charge on any atom is -0.468 e. The van der Waals surface area contributed by atoms with Gasteiger partial charge in [0, 0.05) is 5.75 Å². The summed E-state index contributed by atoms with van der Waals surface area (Å²) in [7, 11) is 1.34. The number of ether oxygens (including phenoxy) is 1. The third kappa shape index (κ3) is 4.28. The summed E-state index contributed by atoms with van der Waals surface area (Å²) in [6.45, 7) is 0. The Morgan fingerprint density at radius 2 is 2.25 bits per heavy atom. The molecule has 1 aromatic rings. The number of hydrogen-bond acceptors (Lipinski definition) is 8. The summed E-state index contributed by atoms with van der Waals surface area (Å²) >= 11 is 4.67. The highest BCUT2D eigenvalue weighted by Crippen LogP contribution is 2.27. The number of methoxy groups -OCH3 is 1. The molecule has 0 bridgehead atoms. The van der Waals surface area contributed by atoms with Crippen molar-refractivity contribution in [3.63, 3.8) is 0 Å². The maximum atomic E-state index is 11.0. The van der Waals surface area contributed by atoms with Gasteiger partial charge in [-0.3, -0.25) is 4.79 Å². The normalized spacial score (nSPS) is 12.4. The fourth-order valence-electron chi connectivity index (χ4n) is 0.880. The molecule has 1 aromatic heterocycles. The molecule has 1 unspecified atom stereocenters. The van der Waals surface area contributed by atoms with Gasteiger partial charge in [-0.25, -0.2) is 0 Å². The zero-order chi connectivity index (χ0) is 12.0. The molecule has 5 nitrogen and oxygen atoms in total. The third-order valence-corrected chi connectivity index (χ3v) is 4.79. The molecule has 0 fully saturated rings. The van der Waals surface area contributed by atoms with E-state index >= 15 is 0 Å². The van der Waals surface area contributed by atoms with Crippen LogP contribution in [0.1, 0.15) is 6.42 Å². The summed E-state index contributed by atoms with van der Waals surface area (Å²) < 4.78 is 6.38. The maximum absolute atomic E-state index is 11.0. The van der Waals surface area contributed by atoms with Crippen molar-refractivity contribution in [1.82, 2.24) is 10.2 Å². The maximum Gasteiger partial charge on any atom is 0.322 e. The largest absolute Gasteiger partial charge is 0.468 e. The van der Waals surface area contributed by atoms with Crippen LogP contribution < -0.4 is 5.73 Å². The van der Waals surface area contributed by atoms with E-state index in [0.717, 1.165) is 14.4 Å². The number of nitrogens with zero attached hydrogens (tertiary/aromatic N) is 2. The molecule has 1 heterocycles. The van der Waals surface area contributed by atoms with Gasteiger partial charge in [0.2, 0.25) is 0 Å². The van der Waals surface area contributed by atoms with Crippen molar-refractivity contribution in [1.29, 1.82) is 0 Å². The van der Waals surface area contributed by atoms with Crippen LogP contribution in [0.5, 0.6) is 0 Å². The van der Waals surface area contributed by atoms with Gasteiger partial charge in [0.05, 0.1) is 7.11 Å². The average Bonchev–Trinajstić information content (AvgIpc) is 2.75. The van der Waals surface area contributed by atoms with E-state index in [-0.39, 0.29) is 5.97 Å². The van der Waals surface area contributed by atoms with E-state index in [1.54, 1.807) is 34.9 Å². The molecule has 0 spiro atoms. The van der Waals surface area contributed by atoms with Crippen molar-refractivity contribution in [2.24, 2.45) is 5.73 Å². The molecule has 16 heavy (non-hydrogen) atoms. The van der Waals surface area contributed by atoms with Crippen molar-refractivity contribution in [3.8, 4) is 0 Å². The zero-order valence-electron chi connectivity index (χ0n) is 9.00. The summed E-state index contributed by atoms with van der Waals surface area (Å²) in [5, 5.41) is 7.97. The van der Waals surface area contributed by atoms with E-state index < -0.39 is 6.04 Å². The van der Waals surface area contributed by atoms with Gasteiger partial charge in [0.15, 0.2) is 8.68 Å². The van der Waals surface area contributed by atoms with Crippen molar-refractivity contribution < 1.29 is 9.53 Å². The standard InChI is InChI=1S/C8H13N3O2S3/c1-13-6(12)5(9)3-4-15-8-11-10-7(14-2)16-8/h5H,3-4,9H2,1-2H3. The van der Waals surface area contributed by atoms with Gasteiger partial charge in [0.25, 0.3) is 0 Å². The monoisotopic (exact) mass is 279 g/mol. The fourth-order valence-corrected chi connectivity index (χ4v) is 3.41. The van der Waals surface area contributed by atoms with Crippen molar-refractivity contribution >= 4 is 40.8 Å². The number of aromatic nitrogens is 2. The lowest BCUT2D eigenvalue weighted by molar-refractivity contribution is -0.142. The van der Waals surface area contributed by atoms with Crippen LogP contribution >= 0.6 is 34.9 Å². The second kappa shape index (κ2) is 7.10. The predicted octanol–water partition coefficient (Wildman–Crippen LogP) is 1.24. The van der Waals surface area contributed by atoms with Crippen molar-refractivity contribution in [2.75, 3.05) is 19.1 Å². The Balaban J connectivity index is 2.27. The second-order valence-electron chi connectivity index (χ2n) is 2.80. The Labute approximate surface area is 107 Å². The molecule has 0 aromatic carbocycles. The lowest BCUT2D eigenvalue weighted by atomic mass is 10.2. The molecule has 0 saturated heterocycles. The zero-order valence-corrected chi connectivity index (χ0v) is 11.5. The number of carbonyl (C=O) groups excluding carboxylic acids is 1. The smallest absolute Gasteiger partial charge is 0.322 e. The first-order valence-electron chi connectivity index (χ1n) is 4.51. The SMILES string of the molecule is COC(=O)C(N)CCSc1nnc(SC)s1. The number of esters is 1. The van der Waals surface area contributed by atoms with Crippen LogP contribution in [0.3, 0.4) is 0 Å². The molecule has 0 aliphatic carbocycles. The minimum atomic E-state index is -0.551. The highest BCUT2D eigenvalue weighted by atomic mass is 32.2. The van der Waals surface area contributed by atoms with Crippen molar-refractivity contribution in [3.05, 3.63) is 0 Å². The van der Waals surface area contributed by atoms with Crippen LogP contribution in [0.4, 0.5) is 0 Å². The molecule has 8 heteroatoms. The van der Waals surface area contributed by atoms with Gasteiger partial charge in [-0.2, -0.15) is 0 Å². The Morgan fingerprint density at radius 1 is 1.56 bits per heavy atom. The highest BCUT2D eigenvalue weighted by molar-refractivity contribution is 8.02. The third-order valence-electron chi connectivity index (χ3n) is 1.72. The molecule has 90 valence electrons. The van der Waals surface area contributed by atoms with E-state index in [1.165, 1.54) is 7.11 Å². The van der Waals surface area contributed by atoms with Crippen LogP contribution in [0.15, 0.2) is 8.68 Å². The molecular weight excluding hydrogens is 266 g/mol. The van der Waals surface area contributed by atoms with Crippen molar-refractivity contribution in [2.45, 2.75) is 21.1 Å². The average molecular weight is 279 g/mol. The first-order chi connectivity index (χ1) is 7.67. The van der Waals surface area contributed by atoms with Crippen LogP contribution in [-0.2, 0) is 9.53 Å². The molecule has 1 atom stereocenters. The van der Waals surface area contributed by atoms with E-state index in [1.807, 2.05) is 6.26 Å². The first kappa shape index (κ1) is 13.8. The van der Waals surface area contributed by atoms with Gasteiger partial charge in [-0.05, 0) is 12.7 Å².